The molecule has 0 saturated carbocycles. The van der Waals surface area contributed by atoms with Crippen molar-refractivity contribution in [2.45, 2.75) is 58.8 Å². The van der Waals surface area contributed by atoms with E-state index in [-0.39, 0.29) is 25.6 Å². The zero-order valence-corrected chi connectivity index (χ0v) is 22.4. The van der Waals surface area contributed by atoms with Gasteiger partial charge in [-0.2, -0.15) is 0 Å². The van der Waals surface area contributed by atoms with E-state index in [2.05, 4.69) is 17.2 Å². The van der Waals surface area contributed by atoms with Gasteiger partial charge in [-0.15, -0.1) is 0 Å². The Balaban J connectivity index is 2.44. The SMILES string of the molecule is C=Cc1cccc(C(C(=O)NCc2ccccc2)N(CCO)C(=O)C(NC(=O)OC(C)(C)C)C(C)C)c1. The summed E-state index contributed by atoms with van der Waals surface area (Å²) in [6, 6.07) is 14.6. The minimum Gasteiger partial charge on any atom is -0.444 e. The average Bonchev–Trinajstić information content (AvgIpc) is 2.85. The number of benzene rings is 2. The molecular formula is C29H39N3O5. The summed E-state index contributed by atoms with van der Waals surface area (Å²) in [5.74, 6) is -1.22. The maximum atomic E-state index is 13.9. The summed E-state index contributed by atoms with van der Waals surface area (Å²) in [5.41, 5.74) is 1.50. The van der Waals surface area contributed by atoms with Gasteiger partial charge in [0.05, 0.1) is 6.61 Å². The topological polar surface area (TPSA) is 108 Å². The van der Waals surface area contributed by atoms with E-state index in [0.29, 0.717) is 5.56 Å². The molecule has 2 aromatic rings. The van der Waals surface area contributed by atoms with Gasteiger partial charge in [0.2, 0.25) is 11.8 Å². The number of carbonyl (C=O) groups excluding carboxylic acids is 3. The Morgan fingerprint density at radius 1 is 1.08 bits per heavy atom. The molecule has 8 nitrogen and oxygen atoms in total. The number of rotatable bonds is 11. The largest absolute Gasteiger partial charge is 0.444 e. The molecular weight excluding hydrogens is 470 g/mol. The van der Waals surface area contributed by atoms with E-state index in [1.807, 2.05) is 36.4 Å². The lowest BCUT2D eigenvalue weighted by Crippen LogP contribution is -2.55. The van der Waals surface area contributed by atoms with E-state index < -0.39 is 35.6 Å². The second kappa shape index (κ2) is 13.6. The summed E-state index contributed by atoms with van der Waals surface area (Å²) < 4.78 is 5.36. The predicted molar refractivity (Wildman–Crippen MR) is 144 cm³/mol. The van der Waals surface area contributed by atoms with Crippen LogP contribution in [0.1, 0.15) is 57.4 Å². The number of hydrogen-bond acceptors (Lipinski definition) is 5. The van der Waals surface area contributed by atoms with Crippen molar-refractivity contribution in [3.63, 3.8) is 0 Å². The third-order valence-electron chi connectivity index (χ3n) is 5.56. The molecule has 2 aromatic carbocycles. The van der Waals surface area contributed by atoms with Gasteiger partial charge in [0.1, 0.15) is 17.7 Å². The van der Waals surface area contributed by atoms with Crippen molar-refractivity contribution in [3.05, 3.63) is 77.9 Å². The molecule has 0 aliphatic rings. The second-order valence-corrected chi connectivity index (χ2v) is 10.1. The standard InChI is InChI=1S/C29H39N3O5/c1-7-21-14-11-15-23(18-21)25(26(34)30-19-22-12-9-8-10-13-22)32(16-17-33)27(35)24(20(2)3)31-28(36)37-29(4,5)6/h7-15,18,20,24-25,33H,1,16-17,19H2,2-6H3,(H,30,34)(H,31,36). The molecule has 2 rings (SSSR count). The van der Waals surface area contributed by atoms with Crippen LogP contribution in [0.25, 0.3) is 6.08 Å². The number of aliphatic hydroxyl groups excluding tert-OH is 1. The maximum absolute atomic E-state index is 13.9. The van der Waals surface area contributed by atoms with Gasteiger partial charge < -0.3 is 25.4 Å². The van der Waals surface area contributed by atoms with Crippen LogP contribution in [-0.4, -0.2) is 52.7 Å². The number of amides is 3. The minimum absolute atomic E-state index is 0.111. The molecule has 0 radical (unpaired) electrons. The fourth-order valence-corrected chi connectivity index (χ4v) is 3.81. The molecule has 0 heterocycles. The molecule has 200 valence electrons. The maximum Gasteiger partial charge on any atom is 0.408 e. The van der Waals surface area contributed by atoms with E-state index >= 15 is 0 Å². The lowest BCUT2D eigenvalue weighted by Gasteiger charge is -2.35. The minimum atomic E-state index is -1.05. The van der Waals surface area contributed by atoms with Gasteiger partial charge in [0.15, 0.2) is 0 Å². The second-order valence-electron chi connectivity index (χ2n) is 10.1. The normalized spacial score (nSPS) is 12.8. The third kappa shape index (κ3) is 9.06. The Bertz CT molecular complexity index is 1060. The molecule has 0 aliphatic carbocycles. The number of aliphatic hydroxyl groups is 1. The van der Waals surface area contributed by atoms with Crippen LogP contribution in [0, 0.1) is 5.92 Å². The van der Waals surface area contributed by atoms with E-state index in [1.54, 1.807) is 58.9 Å². The van der Waals surface area contributed by atoms with Crippen LogP contribution >= 0.6 is 0 Å². The van der Waals surface area contributed by atoms with Crippen molar-refractivity contribution in [2.24, 2.45) is 5.92 Å². The monoisotopic (exact) mass is 509 g/mol. The Morgan fingerprint density at radius 3 is 2.32 bits per heavy atom. The summed E-state index contributed by atoms with van der Waals surface area (Å²) >= 11 is 0. The number of alkyl carbamates (subject to hydrolysis) is 1. The van der Waals surface area contributed by atoms with Crippen molar-refractivity contribution < 1.29 is 24.2 Å². The van der Waals surface area contributed by atoms with Gasteiger partial charge in [-0.3, -0.25) is 9.59 Å². The van der Waals surface area contributed by atoms with Gasteiger partial charge in [-0.1, -0.05) is 75.0 Å². The summed E-state index contributed by atoms with van der Waals surface area (Å²) in [5, 5.41) is 15.4. The average molecular weight is 510 g/mol. The van der Waals surface area contributed by atoms with Crippen LogP contribution in [0.2, 0.25) is 0 Å². The first-order valence-corrected chi connectivity index (χ1v) is 12.4. The quantitative estimate of drug-likeness (QED) is 0.423. The van der Waals surface area contributed by atoms with Gasteiger partial charge in [0.25, 0.3) is 0 Å². The molecule has 8 heteroatoms. The highest BCUT2D eigenvalue weighted by Gasteiger charge is 2.37. The van der Waals surface area contributed by atoms with Crippen LogP contribution in [0.5, 0.6) is 0 Å². The fourth-order valence-electron chi connectivity index (χ4n) is 3.81. The zero-order valence-electron chi connectivity index (χ0n) is 22.4. The number of nitrogens with one attached hydrogen (secondary N) is 2. The molecule has 2 atom stereocenters. The summed E-state index contributed by atoms with van der Waals surface area (Å²) in [4.78, 5) is 41.3. The Hall–Kier alpha value is -3.65. The molecule has 0 fully saturated rings. The molecule has 0 bridgehead atoms. The molecule has 0 spiro atoms. The van der Waals surface area contributed by atoms with Gasteiger partial charge >= 0.3 is 6.09 Å². The molecule has 3 N–H and O–H groups in total. The van der Waals surface area contributed by atoms with Crippen LogP contribution < -0.4 is 10.6 Å². The summed E-state index contributed by atoms with van der Waals surface area (Å²) in [6.45, 7) is 12.4. The van der Waals surface area contributed by atoms with Gasteiger partial charge in [-0.05, 0) is 49.4 Å². The van der Waals surface area contributed by atoms with Crippen molar-refractivity contribution in [3.8, 4) is 0 Å². The highest BCUT2D eigenvalue weighted by atomic mass is 16.6. The van der Waals surface area contributed by atoms with E-state index in [4.69, 9.17) is 4.74 Å². The number of ether oxygens (including phenoxy) is 1. The Kier molecular flexibility index (Phi) is 10.9. The van der Waals surface area contributed by atoms with Crippen LogP contribution in [0.3, 0.4) is 0 Å². The lowest BCUT2D eigenvalue weighted by molar-refractivity contribution is -0.144. The first kappa shape index (κ1) is 29.6. The van der Waals surface area contributed by atoms with Crippen molar-refractivity contribution in [2.75, 3.05) is 13.2 Å². The van der Waals surface area contributed by atoms with Crippen LogP contribution in [-0.2, 0) is 20.9 Å². The van der Waals surface area contributed by atoms with Crippen LogP contribution in [0.4, 0.5) is 4.79 Å². The molecule has 2 unspecified atom stereocenters. The van der Waals surface area contributed by atoms with Crippen molar-refractivity contribution >= 4 is 24.0 Å². The van der Waals surface area contributed by atoms with E-state index in [1.165, 1.54) is 4.90 Å². The first-order chi connectivity index (χ1) is 17.5. The van der Waals surface area contributed by atoms with E-state index in [0.717, 1.165) is 11.1 Å². The molecule has 0 aliphatic heterocycles. The Morgan fingerprint density at radius 2 is 1.76 bits per heavy atom. The molecule has 0 saturated heterocycles. The fraction of sp³-hybridized carbons (Fsp3) is 0.414. The number of carbonyl (C=O) groups is 3. The lowest BCUT2D eigenvalue weighted by atomic mass is 9.97. The summed E-state index contributed by atoms with van der Waals surface area (Å²) in [6.07, 6.45) is 0.920. The smallest absolute Gasteiger partial charge is 0.408 e. The predicted octanol–water partition coefficient (Wildman–Crippen LogP) is 4.06. The number of nitrogens with zero attached hydrogens (tertiary/aromatic N) is 1. The van der Waals surface area contributed by atoms with Gasteiger partial charge in [-0.25, -0.2) is 4.79 Å². The summed E-state index contributed by atoms with van der Waals surface area (Å²) in [7, 11) is 0. The van der Waals surface area contributed by atoms with Crippen molar-refractivity contribution in [1.29, 1.82) is 0 Å². The molecule has 0 aromatic heterocycles. The molecule has 37 heavy (non-hydrogen) atoms. The van der Waals surface area contributed by atoms with E-state index in [9.17, 15) is 19.5 Å². The molecule has 3 amide bonds. The first-order valence-electron chi connectivity index (χ1n) is 12.4. The zero-order chi connectivity index (χ0) is 27.6. The van der Waals surface area contributed by atoms with Gasteiger partial charge in [0, 0.05) is 13.1 Å². The highest BCUT2D eigenvalue weighted by molar-refractivity contribution is 5.92. The Labute approximate surface area is 219 Å². The third-order valence-corrected chi connectivity index (χ3v) is 5.56. The van der Waals surface area contributed by atoms with Crippen LogP contribution in [0.15, 0.2) is 61.2 Å². The highest BCUT2D eigenvalue weighted by Crippen LogP contribution is 2.25. The number of hydrogen-bond donors (Lipinski definition) is 3. The van der Waals surface area contributed by atoms with Crippen molar-refractivity contribution in [1.82, 2.24) is 15.5 Å².